The molecule has 0 amide bonds. The van der Waals surface area contributed by atoms with Gasteiger partial charge < -0.3 is 15.2 Å². The summed E-state index contributed by atoms with van der Waals surface area (Å²) in [6.45, 7) is 1.32. The highest BCUT2D eigenvalue weighted by Gasteiger charge is 2.03. The van der Waals surface area contributed by atoms with Crippen LogP contribution >= 0.6 is 0 Å². The molecule has 0 aromatic carbocycles. The summed E-state index contributed by atoms with van der Waals surface area (Å²) in [6, 6.07) is 2.05. The molecule has 0 spiro atoms. The van der Waals surface area contributed by atoms with Gasteiger partial charge in [0.15, 0.2) is 0 Å². The van der Waals surface area contributed by atoms with Gasteiger partial charge in [-0.2, -0.15) is 5.26 Å². The van der Waals surface area contributed by atoms with Crippen LogP contribution < -0.4 is 5.32 Å². The summed E-state index contributed by atoms with van der Waals surface area (Å²) in [5.74, 6) is 0. The lowest BCUT2D eigenvalue weighted by Gasteiger charge is -2.13. The van der Waals surface area contributed by atoms with E-state index in [1.807, 2.05) is 0 Å². The van der Waals surface area contributed by atoms with E-state index in [0.717, 1.165) is 13.0 Å². The van der Waals surface area contributed by atoms with Gasteiger partial charge in [-0.05, 0) is 13.0 Å². The van der Waals surface area contributed by atoms with Crippen LogP contribution in [-0.4, -0.2) is 38.0 Å². The average molecular weight is 172 g/mol. The normalized spacial score (nSPS) is 12.4. The molecular formula is C8H16N2O2. The molecule has 4 nitrogen and oxygen atoms in total. The first-order valence-corrected chi connectivity index (χ1v) is 4.05. The molecule has 0 rings (SSSR count). The minimum absolute atomic E-state index is 0.00584. The molecular weight excluding hydrogens is 156 g/mol. The predicted octanol–water partition coefficient (Wildman–Crippen LogP) is -0.113. The number of unbranched alkanes of at least 4 members (excludes halogenated alkanes) is 1. The molecule has 0 aliphatic rings. The van der Waals surface area contributed by atoms with Crippen LogP contribution in [0.5, 0.6) is 0 Å². The Bertz CT molecular complexity index is 134. The van der Waals surface area contributed by atoms with Crippen LogP contribution in [0, 0.1) is 11.3 Å². The second-order valence-corrected chi connectivity index (χ2v) is 2.55. The van der Waals surface area contributed by atoms with Gasteiger partial charge in [0.05, 0.1) is 25.3 Å². The molecule has 2 N–H and O–H groups in total. The minimum atomic E-state index is -0.00584. The first kappa shape index (κ1) is 11.4. The van der Waals surface area contributed by atoms with Crippen molar-refractivity contribution in [1.29, 1.82) is 5.26 Å². The van der Waals surface area contributed by atoms with Crippen molar-refractivity contribution < 1.29 is 9.84 Å². The number of aliphatic hydroxyl groups is 1. The Labute approximate surface area is 73.1 Å². The van der Waals surface area contributed by atoms with E-state index < -0.39 is 0 Å². The summed E-state index contributed by atoms with van der Waals surface area (Å²) in [5.41, 5.74) is 0. The first-order valence-electron chi connectivity index (χ1n) is 4.05. The van der Waals surface area contributed by atoms with E-state index in [0.29, 0.717) is 13.0 Å². The van der Waals surface area contributed by atoms with Crippen LogP contribution in [0.4, 0.5) is 0 Å². The maximum absolute atomic E-state index is 8.81. The van der Waals surface area contributed by atoms with E-state index in [1.54, 1.807) is 7.11 Å². The Morgan fingerprint density at radius 1 is 1.67 bits per heavy atom. The van der Waals surface area contributed by atoms with Gasteiger partial charge >= 0.3 is 0 Å². The summed E-state index contributed by atoms with van der Waals surface area (Å²) < 4.78 is 4.86. The van der Waals surface area contributed by atoms with Crippen LogP contribution in [0.15, 0.2) is 0 Å². The molecule has 4 heteroatoms. The third kappa shape index (κ3) is 6.10. The molecule has 0 saturated heterocycles. The van der Waals surface area contributed by atoms with Crippen molar-refractivity contribution in [2.24, 2.45) is 0 Å². The van der Waals surface area contributed by atoms with Gasteiger partial charge in [-0.1, -0.05) is 0 Å². The van der Waals surface area contributed by atoms with E-state index in [-0.39, 0.29) is 12.6 Å². The Morgan fingerprint density at radius 2 is 2.42 bits per heavy atom. The van der Waals surface area contributed by atoms with Gasteiger partial charge in [0.25, 0.3) is 0 Å². The molecule has 1 atom stereocenters. The molecule has 0 saturated carbocycles. The number of nitrogens with one attached hydrogen (secondary N) is 1. The fourth-order valence-corrected chi connectivity index (χ4v) is 0.851. The number of aliphatic hydroxyl groups excluding tert-OH is 1. The Morgan fingerprint density at radius 3 is 2.92 bits per heavy atom. The van der Waals surface area contributed by atoms with Crippen molar-refractivity contribution in [3.8, 4) is 6.07 Å². The Kier molecular flexibility index (Phi) is 8.02. The van der Waals surface area contributed by atoms with Gasteiger partial charge in [-0.3, -0.25) is 0 Å². The van der Waals surface area contributed by atoms with E-state index in [1.165, 1.54) is 0 Å². The van der Waals surface area contributed by atoms with E-state index >= 15 is 0 Å². The van der Waals surface area contributed by atoms with Crippen LogP contribution in [0.25, 0.3) is 0 Å². The van der Waals surface area contributed by atoms with Crippen LogP contribution in [-0.2, 0) is 4.74 Å². The number of hydrogen-bond donors (Lipinski definition) is 2. The zero-order valence-electron chi connectivity index (χ0n) is 7.42. The molecule has 0 aliphatic heterocycles. The van der Waals surface area contributed by atoms with Gasteiger partial charge in [0.1, 0.15) is 0 Å². The highest BCUT2D eigenvalue weighted by molar-refractivity contribution is 4.70. The maximum Gasteiger partial charge on any atom is 0.0638 e. The largest absolute Gasteiger partial charge is 0.395 e. The van der Waals surface area contributed by atoms with Gasteiger partial charge in [0.2, 0.25) is 0 Å². The van der Waals surface area contributed by atoms with Crippen molar-refractivity contribution in [2.75, 3.05) is 26.9 Å². The maximum atomic E-state index is 8.81. The van der Waals surface area contributed by atoms with Crippen LogP contribution in [0.1, 0.15) is 12.8 Å². The summed E-state index contributed by atoms with van der Waals surface area (Å²) >= 11 is 0. The number of hydrogen-bond acceptors (Lipinski definition) is 4. The lowest BCUT2D eigenvalue weighted by molar-refractivity contribution is 0.129. The van der Waals surface area contributed by atoms with Crippen molar-refractivity contribution in [3.63, 3.8) is 0 Å². The smallest absolute Gasteiger partial charge is 0.0638 e. The molecule has 0 aliphatic carbocycles. The summed E-state index contributed by atoms with van der Waals surface area (Å²) in [5, 5.41) is 20.1. The fraction of sp³-hybridized carbons (Fsp3) is 0.875. The number of nitriles is 1. The zero-order valence-corrected chi connectivity index (χ0v) is 7.42. The minimum Gasteiger partial charge on any atom is -0.395 e. The summed E-state index contributed by atoms with van der Waals surface area (Å²) in [4.78, 5) is 0. The first-order chi connectivity index (χ1) is 5.85. The number of nitrogens with zero attached hydrogens (tertiary/aromatic N) is 1. The van der Waals surface area contributed by atoms with Gasteiger partial charge in [-0.25, -0.2) is 0 Å². The SMILES string of the molecule is COCC(CO)NCCCC#N. The summed E-state index contributed by atoms with van der Waals surface area (Å²) in [7, 11) is 1.60. The molecule has 0 aromatic rings. The van der Waals surface area contributed by atoms with Gasteiger partial charge in [-0.15, -0.1) is 0 Å². The van der Waals surface area contributed by atoms with Crippen LogP contribution in [0.3, 0.4) is 0 Å². The Hall–Kier alpha value is -0.630. The third-order valence-electron chi connectivity index (χ3n) is 1.49. The fourth-order valence-electron chi connectivity index (χ4n) is 0.851. The van der Waals surface area contributed by atoms with Crippen molar-refractivity contribution in [1.82, 2.24) is 5.32 Å². The quantitative estimate of drug-likeness (QED) is 0.526. The van der Waals surface area contributed by atoms with Crippen LogP contribution in [0.2, 0.25) is 0 Å². The highest BCUT2D eigenvalue weighted by Crippen LogP contribution is 1.87. The molecule has 0 heterocycles. The van der Waals surface area contributed by atoms with Gasteiger partial charge in [0, 0.05) is 13.5 Å². The monoisotopic (exact) mass is 172 g/mol. The van der Waals surface area contributed by atoms with E-state index in [4.69, 9.17) is 15.1 Å². The second kappa shape index (κ2) is 8.47. The lowest BCUT2D eigenvalue weighted by atomic mass is 10.3. The molecule has 0 bridgehead atoms. The summed E-state index contributed by atoms with van der Waals surface area (Å²) in [6.07, 6.45) is 1.37. The van der Waals surface area contributed by atoms with E-state index in [9.17, 15) is 0 Å². The highest BCUT2D eigenvalue weighted by atomic mass is 16.5. The van der Waals surface area contributed by atoms with Crippen molar-refractivity contribution in [2.45, 2.75) is 18.9 Å². The zero-order chi connectivity index (χ0) is 9.23. The molecule has 0 fully saturated rings. The number of rotatable bonds is 7. The molecule has 1 unspecified atom stereocenters. The average Bonchev–Trinajstić information content (AvgIpc) is 2.10. The standard InChI is InChI=1S/C8H16N2O2/c1-12-7-8(6-11)10-5-3-2-4-9/h8,10-11H,2-3,5-7H2,1H3. The molecule has 0 aromatic heterocycles. The van der Waals surface area contributed by atoms with E-state index in [2.05, 4.69) is 11.4 Å². The van der Waals surface area contributed by atoms with Crippen molar-refractivity contribution >= 4 is 0 Å². The molecule has 12 heavy (non-hydrogen) atoms. The third-order valence-corrected chi connectivity index (χ3v) is 1.49. The topological polar surface area (TPSA) is 65.3 Å². The number of methoxy groups -OCH3 is 1. The molecule has 70 valence electrons. The second-order valence-electron chi connectivity index (χ2n) is 2.55. The van der Waals surface area contributed by atoms with Crippen molar-refractivity contribution in [3.05, 3.63) is 0 Å². The number of ether oxygens (including phenoxy) is 1. The Balaban J connectivity index is 3.26. The predicted molar refractivity (Wildman–Crippen MR) is 45.6 cm³/mol. The lowest BCUT2D eigenvalue weighted by Crippen LogP contribution is -2.36. The molecule has 0 radical (unpaired) electrons.